The molecule has 3 nitrogen and oxygen atoms in total. The molecule has 1 saturated carbocycles. The van der Waals surface area contributed by atoms with Crippen molar-refractivity contribution in [3.05, 3.63) is 0 Å². The highest BCUT2D eigenvalue weighted by Gasteiger charge is 2.17. The third kappa shape index (κ3) is 6.06. The lowest BCUT2D eigenvalue weighted by molar-refractivity contribution is -0.121. The van der Waals surface area contributed by atoms with E-state index in [4.69, 9.17) is 0 Å². The van der Waals surface area contributed by atoms with E-state index >= 15 is 0 Å². The summed E-state index contributed by atoms with van der Waals surface area (Å²) in [6.45, 7) is 3.90. The minimum Gasteiger partial charge on any atom is -0.355 e. The summed E-state index contributed by atoms with van der Waals surface area (Å²) in [5.41, 5.74) is 0. The zero-order valence-electron chi connectivity index (χ0n) is 11.5. The molecular formula is C14H28N2O. The van der Waals surface area contributed by atoms with Gasteiger partial charge in [0.25, 0.3) is 0 Å². The summed E-state index contributed by atoms with van der Waals surface area (Å²) in [6, 6.07) is 0.747. The van der Waals surface area contributed by atoms with Gasteiger partial charge in [0.1, 0.15) is 0 Å². The van der Waals surface area contributed by atoms with Crippen LogP contribution in [0.2, 0.25) is 0 Å². The Morgan fingerprint density at radius 2 is 2.00 bits per heavy atom. The summed E-state index contributed by atoms with van der Waals surface area (Å²) in [4.78, 5) is 13.8. The Bertz CT molecular complexity index is 212. The highest BCUT2D eigenvalue weighted by molar-refractivity contribution is 5.75. The van der Waals surface area contributed by atoms with Crippen molar-refractivity contribution in [1.29, 1.82) is 0 Å². The lowest BCUT2D eigenvalue weighted by atomic mass is 9.94. The molecule has 1 fully saturated rings. The highest BCUT2D eigenvalue weighted by Crippen LogP contribution is 2.21. The Morgan fingerprint density at radius 1 is 1.29 bits per heavy atom. The number of nitrogens with one attached hydrogen (secondary N) is 1. The molecule has 3 heteroatoms. The molecule has 0 radical (unpaired) electrons. The third-order valence-electron chi connectivity index (χ3n) is 3.74. The van der Waals surface area contributed by atoms with Crippen LogP contribution in [0.4, 0.5) is 0 Å². The standard InChI is InChI=1S/C14H28N2O/c1-3-4-10-14(17)15-11-12-16(2)13-8-6-5-7-9-13/h13H,3-12H2,1-2H3,(H,15,17). The summed E-state index contributed by atoms with van der Waals surface area (Å²) >= 11 is 0. The Balaban J connectivity index is 2.06. The summed E-state index contributed by atoms with van der Waals surface area (Å²) in [6.07, 6.45) is 9.59. The fourth-order valence-corrected chi connectivity index (χ4v) is 2.50. The zero-order valence-corrected chi connectivity index (χ0v) is 11.5. The van der Waals surface area contributed by atoms with E-state index in [1.54, 1.807) is 0 Å². The number of hydrogen-bond acceptors (Lipinski definition) is 2. The minimum atomic E-state index is 0.212. The fourth-order valence-electron chi connectivity index (χ4n) is 2.50. The molecule has 0 saturated heterocycles. The molecule has 100 valence electrons. The van der Waals surface area contributed by atoms with Crippen molar-refractivity contribution in [1.82, 2.24) is 10.2 Å². The second-order valence-corrected chi connectivity index (χ2v) is 5.23. The first-order valence-electron chi connectivity index (χ1n) is 7.21. The normalized spacial score (nSPS) is 17.4. The average Bonchev–Trinajstić information content (AvgIpc) is 2.37. The van der Waals surface area contributed by atoms with E-state index in [-0.39, 0.29) is 5.91 Å². The van der Waals surface area contributed by atoms with Crippen molar-refractivity contribution in [3.63, 3.8) is 0 Å². The van der Waals surface area contributed by atoms with Crippen LogP contribution in [-0.2, 0) is 4.79 Å². The van der Waals surface area contributed by atoms with Crippen molar-refractivity contribution in [2.24, 2.45) is 0 Å². The van der Waals surface area contributed by atoms with Gasteiger partial charge in [-0.2, -0.15) is 0 Å². The molecule has 0 unspecified atom stereocenters. The lowest BCUT2D eigenvalue weighted by Crippen LogP contribution is -2.39. The van der Waals surface area contributed by atoms with Crippen LogP contribution in [0.3, 0.4) is 0 Å². The molecule has 1 aliphatic rings. The van der Waals surface area contributed by atoms with Crippen molar-refractivity contribution in [3.8, 4) is 0 Å². The van der Waals surface area contributed by atoms with Gasteiger partial charge in [0, 0.05) is 25.6 Å². The molecule has 0 heterocycles. The van der Waals surface area contributed by atoms with Gasteiger partial charge in [-0.15, -0.1) is 0 Å². The van der Waals surface area contributed by atoms with Crippen LogP contribution < -0.4 is 5.32 Å². The topological polar surface area (TPSA) is 32.3 Å². The molecular weight excluding hydrogens is 212 g/mol. The molecule has 0 aromatic carbocycles. The fraction of sp³-hybridized carbons (Fsp3) is 0.929. The van der Waals surface area contributed by atoms with Gasteiger partial charge in [0.05, 0.1) is 0 Å². The van der Waals surface area contributed by atoms with Crippen LogP contribution in [0, 0.1) is 0 Å². The SMILES string of the molecule is CCCCC(=O)NCCN(C)C1CCCCC1. The van der Waals surface area contributed by atoms with E-state index in [1.165, 1.54) is 32.1 Å². The molecule has 1 N–H and O–H groups in total. The predicted octanol–water partition coefficient (Wildman–Crippen LogP) is 2.56. The number of carbonyl (C=O) groups excluding carboxylic acids is 1. The van der Waals surface area contributed by atoms with Gasteiger partial charge in [-0.05, 0) is 26.3 Å². The van der Waals surface area contributed by atoms with E-state index in [2.05, 4.69) is 24.2 Å². The van der Waals surface area contributed by atoms with Gasteiger partial charge < -0.3 is 10.2 Å². The largest absolute Gasteiger partial charge is 0.355 e. The number of unbranched alkanes of at least 4 members (excludes halogenated alkanes) is 1. The summed E-state index contributed by atoms with van der Waals surface area (Å²) < 4.78 is 0. The molecule has 0 atom stereocenters. The van der Waals surface area contributed by atoms with E-state index in [0.717, 1.165) is 32.0 Å². The molecule has 0 aliphatic heterocycles. The van der Waals surface area contributed by atoms with Crippen LogP contribution >= 0.6 is 0 Å². The first kappa shape index (κ1) is 14.5. The third-order valence-corrected chi connectivity index (χ3v) is 3.74. The second kappa shape index (κ2) is 8.51. The van der Waals surface area contributed by atoms with E-state index in [0.29, 0.717) is 6.42 Å². The number of rotatable bonds is 7. The Morgan fingerprint density at radius 3 is 2.65 bits per heavy atom. The minimum absolute atomic E-state index is 0.212. The van der Waals surface area contributed by atoms with Crippen molar-refractivity contribution in [2.45, 2.75) is 64.3 Å². The van der Waals surface area contributed by atoms with Crippen molar-refractivity contribution < 1.29 is 4.79 Å². The maximum atomic E-state index is 11.4. The van der Waals surface area contributed by atoms with E-state index in [1.807, 2.05) is 0 Å². The Hall–Kier alpha value is -0.570. The highest BCUT2D eigenvalue weighted by atomic mass is 16.1. The molecule has 1 rings (SSSR count). The molecule has 0 spiro atoms. The van der Waals surface area contributed by atoms with Crippen LogP contribution in [0.1, 0.15) is 58.3 Å². The summed E-state index contributed by atoms with van der Waals surface area (Å²) in [7, 11) is 2.19. The number of amides is 1. The molecule has 0 bridgehead atoms. The smallest absolute Gasteiger partial charge is 0.220 e. The van der Waals surface area contributed by atoms with Crippen LogP contribution in [-0.4, -0.2) is 37.0 Å². The van der Waals surface area contributed by atoms with Crippen LogP contribution in [0.5, 0.6) is 0 Å². The Labute approximate surface area is 106 Å². The van der Waals surface area contributed by atoms with Gasteiger partial charge in [-0.25, -0.2) is 0 Å². The van der Waals surface area contributed by atoms with E-state index in [9.17, 15) is 4.79 Å². The number of hydrogen-bond donors (Lipinski definition) is 1. The van der Waals surface area contributed by atoms with Crippen molar-refractivity contribution in [2.75, 3.05) is 20.1 Å². The number of carbonyl (C=O) groups is 1. The maximum Gasteiger partial charge on any atom is 0.220 e. The number of nitrogens with zero attached hydrogens (tertiary/aromatic N) is 1. The predicted molar refractivity (Wildman–Crippen MR) is 72.0 cm³/mol. The molecule has 1 amide bonds. The van der Waals surface area contributed by atoms with Crippen LogP contribution in [0.15, 0.2) is 0 Å². The molecule has 0 aromatic rings. The van der Waals surface area contributed by atoms with Gasteiger partial charge in [-0.1, -0.05) is 32.6 Å². The van der Waals surface area contributed by atoms with Crippen molar-refractivity contribution >= 4 is 5.91 Å². The van der Waals surface area contributed by atoms with Gasteiger partial charge in [0.15, 0.2) is 0 Å². The molecule has 17 heavy (non-hydrogen) atoms. The summed E-state index contributed by atoms with van der Waals surface area (Å²) in [5, 5.41) is 3.01. The second-order valence-electron chi connectivity index (χ2n) is 5.23. The van der Waals surface area contributed by atoms with Gasteiger partial charge in [0.2, 0.25) is 5.91 Å². The quantitative estimate of drug-likeness (QED) is 0.742. The Kier molecular flexibility index (Phi) is 7.25. The van der Waals surface area contributed by atoms with Gasteiger partial charge in [-0.3, -0.25) is 4.79 Å². The molecule has 0 aromatic heterocycles. The summed E-state index contributed by atoms with van der Waals surface area (Å²) in [5.74, 6) is 0.212. The average molecular weight is 240 g/mol. The first-order valence-corrected chi connectivity index (χ1v) is 7.21. The van der Waals surface area contributed by atoms with Gasteiger partial charge >= 0.3 is 0 Å². The molecule has 1 aliphatic carbocycles. The van der Waals surface area contributed by atoms with Crippen LogP contribution in [0.25, 0.3) is 0 Å². The van der Waals surface area contributed by atoms with E-state index < -0.39 is 0 Å². The number of likely N-dealkylation sites (N-methyl/N-ethyl adjacent to an activating group) is 1. The zero-order chi connectivity index (χ0) is 12.5. The lowest BCUT2D eigenvalue weighted by Gasteiger charge is -2.31. The monoisotopic (exact) mass is 240 g/mol. The maximum absolute atomic E-state index is 11.4. The first-order chi connectivity index (χ1) is 8.24.